The molecule has 0 saturated carbocycles. The van der Waals surface area contributed by atoms with Crippen LogP contribution in [0.2, 0.25) is 10.0 Å². The van der Waals surface area contributed by atoms with Crippen LogP contribution in [0.4, 0.5) is 0 Å². The molecule has 1 rings (SSSR count). The summed E-state index contributed by atoms with van der Waals surface area (Å²) >= 11 is 17.7. The summed E-state index contributed by atoms with van der Waals surface area (Å²) < 4.78 is 27.2. The van der Waals surface area contributed by atoms with E-state index in [1.54, 1.807) is 6.07 Å². The van der Waals surface area contributed by atoms with Crippen LogP contribution in [0, 0.1) is 5.41 Å². The van der Waals surface area contributed by atoms with Crippen molar-refractivity contribution in [1.29, 1.82) is 0 Å². The SMILES string of the molecule is CCC(CC)(CCl)CNS(=O)(=O)c1cc(Cl)ccc1Cl. The van der Waals surface area contributed by atoms with Crippen LogP contribution in [0.1, 0.15) is 26.7 Å². The molecule has 0 heterocycles. The van der Waals surface area contributed by atoms with Crippen LogP contribution in [-0.2, 0) is 10.0 Å². The van der Waals surface area contributed by atoms with Crippen molar-refractivity contribution >= 4 is 44.8 Å². The smallest absolute Gasteiger partial charge is 0.211 e. The van der Waals surface area contributed by atoms with Crippen molar-refractivity contribution in [2.45, 2.75) is 31.6 Å². The second-order valence-electron chi connectivity index (χ2n) is 4.74. The average Bonchev–Trinajstić information content (AvgIpc) is 2.43. The third-order valence-electron chi connectivity index (χ3n) is 3.60. The van der Waals surface area contributed by atoms with Gasteiger partial charge in [0.1, 0.15) is 4.90 Å². The molecule has 1 aromatic carbocycles. The number of benzene rings is 1. The summed E-state index contributed by atoms with van der Waals surface area (Å²) in [6.45, 7) is 4.26. The van der Waals surface area contributed by atoms with Crippen molar-refractivity contribution in [3.05, 3.63) is 28.2 Å². The van der Waals surface area contributed by atoms with Crippen molar-refractivity contribution < 1.29 is 8.42 Å². The van der Waals surface area contributed by atoms with Gasteiger partial charge in [0.25, 0.3) is 0 Å². The monoisotopic (exact) mass is 357 g/mol. The lowest BCUT2D eigenvalue weighted by molar-refractivity contribution is 0.304. The standard InChI is InChI=1S/C13H18Cl3NO2S/c1-3-13(4-2,8-14)9-17-20(18,19)12-7-10(15)5-6-11(12)16/h5-7,17H,3-4,8-9H2,1-2H3. The number of halogens is 3. The van der Waals surface area contributed by atoms with Crippen molar-refractivity contribution in [1.82, 2.24) is 4.72 Å². The van der Waals surface area contributed by atoms with Crippen molar-refractivity contribution in [2.75, 3.05) is 12.4 Å². The highest BCUT2D eigenvalue weighted by Crippen LogP contribution is 2.29. The summed E-state index contributed by atoms with van der Waals surface area (Å²) in [4.78, 5) is -0.0117. The minimum atomic E-state index is -3.70. The van der Waals surface area contributed by atoms with Crippen LogP contribution in [0.3, 0.4) is 0 Å². The van der Waals surface area contributed by atoms with Gasteiger partial charge in [-0.3, -0.25) is 0 Å². The average molecular weight is 359 g/mol. The van der Waals surface area contributed by atoms with Crippen LogP contribution in [0.5, 0.6) is 0 Å². The quantitative estimate of drug-likeness (QED) is 0.738. The summed E-state index contributed by atoms with van der Waals surface area (Å²) in [5.41, 5.74) is -0.250. The lowest BCUT2D eigenvalue weighted by Crippen LogP contribution is -2.38. The van der Waals surface area contributed by atoms with Gasteiger partial charge in [-0.2, -0.15) is 0 Å². The Balaban J connectivity index is 2.98. The van der Waals surface area contributed by atoms with Gasteiger partial charge < -0.3 is 0 Å². The Hall–Kier alpha value is -0.000000000000000111. The van der Waals surface area contributed by atoms with E-state index in [9.17, 15) is 8.42 Å². The van der Waals surface area contributed by atoms with Gasteiger partial charge >= 0.3 is 0 Å². The van der Waals surface area contributed by atoms with Crippen molar-refractivity contribution in [3.63, 3.8) is 0 Å². The topological polar surface area (TPSA) is 46.2 Å². The van der Waals surface area contributed by atoms with Gasteiger partial charge in [-0.15, -0.1) is 11.6 Å². The van der Waals surface area contributed by atoms with Gasteiger partial charge in [0.05, 0.1) is 5.02 Å². The van der Waals surface area contributed by atoms with Gasteiger partial charge in [0, 0.05) is 17.4 Å². The Morgan fingerprint density at radius 1 is 1.20 bits per heavy atom. The highest BCUT2D eigenvalue weighted by molar-refractivity contribution is 7.89. The van der Waals surface area contributed by atoms with E-state index in [4.69, 9.17) is 34.8 Å². The molecule has 114 valence electrons. The molecule has 0 aliphatic carbocycles. The van der Waals surface area contributed by atoms with E-state index >= 15 is 0 Å². The second-order valence-corrected chi connectivity index (χ2v) is 7.59. The predicted octanol–water partition coefficient (Wildman–Crippen LogP) is 4.32. The molecular formula is C13H18Cl3NO2S. The predicted molar refractivity (Wildman–Crippen MR) is 85.4 cm³/mol. The van der Waals surface area contributed by atoms with Crippen LogP contribution in [0.15, 0.2) is 23.1 Å². The van der Waals surface area contributed by atoms with Gasteiger partial charge in [0.2, 0.25) is 10.0 Å². The van der Waals surface area contributed by atoms with Crippen molar-refractivity contribution in [2.24, 2.45) is 5.41 Å². The van der Waals surface area contributed by atoms with E-state index in [0.717, 1.165) is 12.8 Å². The number of alkyl halides is 1. The maximum Gasteiger partial charge on any atom is 0.242 e. The van der Waals surface area contributed by atoms with Gasteiger partial charge in [-0.25, -0.2) is 13.1 Å². The maximum atomic E-state index is 12.3. The van der Waals surface area contributed by atoms with Gasteiger partial charge in [-0.05, 0) is 36.5 Å². The van der Waals surface area contributed by atoms with E-state index in [1.165, 1.54) is 12.1 Å². The molecule has 0 saturated heterocycles. The molecule has 0 amide bonds. The fourth-order valence-electron chi connectivity index (χ4n) is 1.75. The fraction of sp³-hybridized carbons (Fsp3) is 0.538. The lowest BCUT2D eigenvalue weighted by Gasteiger charge is -2.29. The Morgan fingerprint density at radius 3 is 2.30 bits per heavy atom. The lowest BCUT2D eigenvalue weighted by atomic mass is 9.85. The van der Waals surface area contributed by atoms with E-state index in [2.05, 4.69) is 4.72 Å². The molecule has 3 nitrogen and oxygen atoms in total. The normalized spacial score (nSPS) is 12.7. The third kappa shape index (κ3) is 4.25. The zero-order valence-corrected chi connectivity index (χ0v) is 14.5. The van der Waals surface area contributed by atoms with Gasteiger partial charge in [-0.1, -0.05) is 37.0 Å². The van der Waals surface area contributed by atoms with E-state index in [1.807, 2.05) is 13.8 Å². The van der Waals surface area contributed by atoms with E-state index in [-0.39, 0.29) is 21.9 Å². The molecule has 20 heavy (non-hydrogen) atoms. The summed E-state index contributed by atoms with van der Waals surface area (Å²) in [5, 5.41) is 0.468. The summed E-state index contributed by atoms with van der Waals surface area (Å²) in [5.74, 6) is 0.395. The minimum absolute atomic E-state index is 0.0117. The fourth-order valence-corrected chi connectivity index (χ4v) is 4.14. The maximum absolute atomic E-state index is 12.3. The van der Waals surface area contributed by atoms with Crippen LogP contribution >= 0.6 is 34.8 Å². The van der Waals surface area contributed by atoms with E-state index < -0.39 is 10.0 Å². The third-order valence-corrected chi connectivity index (χ3v) is 6.29. The Kier molecular flexibility index (Phi) is 6.61. The first-order valence-corrected chi connectivity index (χ1v) is 9.08. The molecule has 1 aromatic rings. The number of nitrogens with one attached hydrogen (secondary N) is 1. The van der Waals surface area contributed by atoms with Gasteiger partial charge in [0.15, 0.2) is 0 Å². The van der Waals surface area contributed by atoms with Crippen LogP contribution in [0.25, 0.3) is 0 Å². The number of sulfonamides is 1. The molecule has 0 spiro atoms. The minimum Gasteiger partial charge on any atom is -0.211 e. The molecule has 7 heteroatoms. The molecule has 0 atom stereocenters. The number of hydrogen-bond donors (Lipinski definition) is 1. The molecule has 0 unspecified atom stereocenters. The number of hydrogen-bond acceptors (Lipinski definition) is 2. The summed E-state index contributed by atoms with van der Waals surface area (Å²) in [7, 11) is -3.70. The number of rotatable bonds is 7. The highest BCUT2D eigenvalue weighted by atomic mass is 35.5. The first kappa shape index (κ1) is 18.1. The Morgan fingerprint density at radius 2 is 1.80 bits per heavy atom. The molecule has 0 bridgehead atoms. The highest BCUT2D eigenvalue weighted by Gasteiger charge is 2.28. The largest absolute Gasteiger partial charge is 0.242 e. The first-order valence-electron chi connectivity index (χ1n) is 6.31. The summed E-state index contributed by atoms with van der Waals surface area (Å²) in [6.07, 6.45) is 1.58. The zero-order chi connectivity index (χ0) is 15.4. The molecular weight excluding hydrogens is 341 g/mol. The second kappa shape index (κ2) is 7.32. The molecule has 0 aliphatic heterocycles. The molecule has 0 aromatic heterocycles. The Bertz CT molecular complexity index is 548. The molecule has 0 aliphatic rings. The van der Waals surface area contributed by atoms with E-state index in [0.29, 0.717) is 10.9 Å². The zero-order valence-electron chi connectivity index (χ0n) is 11.4. The van der Waals surface area contributed by atoms with Crippen molar-refractivity contribution in [3.8, 4) is 0 Å². The summed E-state index contributed by atoms with van der Waals surface area (Å²) in [6, 6.07) is 4.35. The molecule has 1 N–H and O–H groups in total. The molecule has 0 fully saturated rings. The van der Waals surface area contributed by atoms with Crippen LogP contribution in [-0.4, -0.2) is 20.8 Å². The first-order chi connectivity index (χ1) is 9.30. The molecule has 0 radical (unpaired) electrons. The van der Waals surface area contributed by atoms with Crippen LogP contribution < -0.4 is 4.72 Å². The Labute approximate surface area is 135 Å².